The fourth-order valence-corrected chi connectivity index (χ4v) is 0.676. The van der Waals surface area contributed by atoms with Crippen molar-refractivity contribution in [3.63, 3.8) is 0 Å². The molecule has 0 aliphatic rings. The van der Waals surface area contributed by atoms with Crippen LogP contribution in [0.2, 0.25) is 0 Å². The molecular formula is C7H9ClFNO. The smallest absolute Gasteiger partial charge is 0.165 e. The Hall–Kier alpha value is -0.960. The summed E-state index contributed by atoms with van der Waals surface area (Å²) in [6, 6.07) is 4.20. The molecule has 0 atom stereocenters. The largest absolute Gasteiger partial charge is 0.494 e. The minimum atomic E-state index is -0.392. The van der Waals surface area contributed by atoms with Crippen LogP contribution >= 0.6 is 12.4 Å². The van der Waals surface area contributed by atoms with Crippen LogP contribution in [0.15, 0.2) is 18.2 Å². The van der Waals surface area contributed by atoms with Crippen LogP contribution in [0.25, 0.3) is 0 Å². The SMILES string of the molecule is COc1cc(N)ccc1F.Cl. The second-order valence-electron chi connectivity index (χ2n) is 1.89. The molecule has 0 aromatic heterocycles. The Kier molecular flexibility index (Phi) is 3.68. The van der Waals surface area contributed by atoms with E-state index in [0.717, 1.165) is 0 Å². The topological polar surface area (TPSA) is 35.2 Å². The summed E-state index contributed by atoms with van der Waals surface area (Å²) < 4.78 is 17.3. The number of halogens is 2. The lowest BCUT2D eigenvalue weighted by molar-refractivity contribution is 0.387. The van der Waals surface area contributed by atoms with Crippen molar-refractivity contribution < 1.29 is 9.13 Å². The van der Waals surface area contributed by atoms with Crippen LogP contribution in [0.1, 0.15) is 0 Å². The zero-order chi connectivity index (χ0) is 7.56. The van der Waals surface area contributed by atoms with Crippen LogP contribution in [0, 0.1) is 5.82 Å². The molecule has 2 N–H and O–H groups in total. The Morgan fingerprint density at radius 1 is 1.45 bits per heavy atom. The molecule has 0 saturated carbocycles. The highest BCUT2D eigenvalue weighted by molar-refractivity contribution is 5.85. The number of anilines is 1. The van der Waals surface area contributed by atoms with Gasteiger partial charge in [0.1, 0.15) is 0 Å². The summed E-state index contributed by atoms with van der Waals surface area (Å²) >= 11 is 0. The van der Waals surface area contributed by atoms with Gasteiger partial charge in [0.25, 0.3) is 0 Å². The molecule has 0 amide bonds. The number of benzene rings is 1. The molecule has 0 aliphatic carbocycles. The third kappa shape index (κ3) is 2.27. The van der Waals surface area contributed by atoms with E-state index < -0.39 is 5.82 Å². The molecule has 4 heteroatoms. The lowest BCUT2D eigenvalue weighted by atomic mass is 10.3. The minimum Gasteiger partial charge on any atom is -0.494 e. The van der Waals surface area contributed by atoms with E-state index in [2.05, 4.69) is 4.74 Å². The molecule has 62 valence electrons. The van der Waals surface area contributed by atoms with Crippen LogP contribution < -0.4 is 10.5 Å². The van der Waals surface area contributed by atoms with Gasteiger partial charge in [-0.2, -0.15) is 0 Å². The molecule has 0 bridgehead atoms. The number of methoxy groups -OCH3 is 1. The third-order valence-corrected chi connectivity index (χ3v) is 1.18. The summed E-state index contributed by atoms with van der Waals surface area (Å²) in [4.78, 5) is 0. The van der Waals surface area contributed by atoms with Crippen molar-refractivity contribution in [2.45, 2.75) is 0 Å². The van der Waals surface area contributed by atoms with Gasteiger partial charge in [0.15, 0.2) is 11.6 Å². The van der Waals surface area contributed by atoms with E-state index in [0.29, 0.717) is 5.69 Å². The molecule has 1 aromatic rings. The lowest BCUT2D eigenvalue weighted by Gasteiger charge is -2.00. The van der Waals surface area contributed by atoms with Gasteiger partial charge >= 0.3 is 0 Å². The standard InChI is InChI=1S/C7H8FNO.ClH/c1-10-7-4-5(9)2-3-6(7)8;/h2-4H,9H2,1H3;1H. The molecule has 0 aliphatic heterocycles. The van der Waals surface area contributed by atoms with Gasteiger partial charge in [0.2, 0.25) is 0 Å². The first-order chi connectivity index (χ1) is 4.74. The van der Waals surface area contributed by atoms with Crippen LogP contribution in [-0.2, 0) is 0 Å². The van der Waals surface area contributed by atoms with Crippen LogP contribution in [-0.4, -0.2) is 7.11 Å². The monoisotopic (exact) mass is 177 g/mol. The first-order valence-electron chi connectivity index (χ1n) is 2.83. The molecule has 1 aromatic carbocycles. The fourth-order valence-electron chi connectivity index (χ4n) is 0.676. The number of nitrogen functional groups attached to an aromatic ring is 1. The van der Waals surface area contributed by atoms with Crippen molar-refractivity contribution in [1.82, 2.24) is 0 Å². The molecule has 1 rings (SSSR count). The Balaban J connectivity index is 0.000001000. The average molecular weight is 178 g/mol. The summed E-state index contributed by atoms with van der Waals surface area (Å²) in [7, 11) is 1.40. The number of hydrogen-bond acceptors (Lipinski definition) is 2. The predicted molar refractivity (Wildman–Crippen MR) is 44.6 cm³/mol. The van der Waals surface area contributed by atoms with Crippen molar-refractivity contribution in [1.29, 1.82) is 0 Å². The Morgan fingerprint density at radius 2 is 2.09 bits per heavy atom. The average Bonchev–Trinajstić information content (AvgIpc) is 1.94. The highest BCUT2D eigenvalue weighted by Crippen LogP contribution is 2.18. The Morgan fingerprint density at radius 3 is 2.55 bits per heavy atom. The van der Waals surface area contributed by atoms with Gasteiger partial charge < -0.3 is 10.5 Å². The fraction of sp³-hybridized carbons (Fsp3) is 0.143. The third-order valence-electron chi connectivity index (χ3n) is 1.18. The molecule has 0 radical (unpaired) electrons. The van der Waals surface area contributed by atoms with Gasteiger partial charge in [-0.05, 0) is 12.1 Å². The summed E-state index contributed by atoms with van der Waals surface area (Å²) in [5, 5.41) is 0. The molecule has 2 nitrogen and oxygen atoms in total. The maximum Gasteiger partial charge on any atom is 0.165 e. The predicted octanol–water partition coefficient (Wildman–Crippen LogP) is 1.84. The quantitative estimate of drug-likeness (QED) is 0.665. The minimum absolute atomic E-state index is 0. The van der Waals surface area contributed by atoms with E-state index >= 15 is 0 Å². The second-order valence-corrected chi connectivity index (χ2v) is 1.89. The Bertz CT molecular complexity index is 242. The van der Waals surface area contributed by atoms with Crippen molar-refractivity contribution >= 4 is 18.1 Å². The van der Waals surface area contributed by atoms with Gasteiger partial charge in [-0.1, -0.05) is 0 Å². The van der Waals surface area contributed by atoms with Crippen molar-refractivity contribution in [3.8, 4) is 5.75 Å². The summed E-state index contributed by atoms with van der Waals surface area (Å²) in [5.74, 6) is -0.211. The normalized spacial score (nSPS) is 8.55. The summed E-state index contributed by atoms with van der Waals surface area (Å²) in [6.07, 6.45) is 0. The van der Waals surface area contributed by atoms with Crippen LogP contribution in [0.4, 0.5) is 10.1 Å². The number of rotatable bonds is 1. The molecule has 0 saturated heterocycles. The van der Waals surface area contributed by atoms with E-state index in [9.17, 15) is 4.39 Å². The maximum absolute atomic E-state index is 12.6. The first-order valence-corrected chi connectivity index (χ1v) is 2.83. The molecule has 11 heavy (non-hydrogen) atoms. The summed E-state index contributed by atoms with van der Waals surface area (Å²) in [5.41, 5.74) is 5.85. The molecule has 0 fully saturated rings. The zero-order valence-corrected chi connectivity index (χ0v) is 6.82. The van der Waals surface area contributed by atoms with E-state index in [1.807, 2.05) is 0 Å². The molecule has 0 spiro atoms. The number of hydrogen-bond donors (Lipinski definition) is 1. The zero-order valence-electron chi connectivity index (χ0n) is 6.00. The van der Waals surface area contributed by atoms with Gasteiger partial charge in [-0.15, -0.1) is 12.4 Å². The summed E-state index contributed by atoms with van der Waals surface area (Å²) in [6.45, 7) is 0. The van der Waals surface area contributed by atoms with Crippen LogP contribution in [0.5, 0.6) is 5.75 Å². The number of nitrogens with two attached hydrogens (primary N) is 1. The number of ether oxygens (including phenoxy) is 1. The van der Waals surface area contributed by atoms with Crippen LogP contribution in [0.3, 0.4) is 0 Å². The maximum atomic E-state index is 12.6. The van der Waals surface area contributed by atoms with Gasteiger partial charge in [0.05, 0.1) is 7.11 Å². The lowest BCUT2D eigenvalue weighted by Crippen LogP contribution is -1.90. The first kappa shape index (κ1) is 10.0. The van der Waals surface area contributed by atoms with Gasteiger partial charge in [-0.3, -0.25) is 0 Å². The van der Waals surface area contributed by atoms with E-state index in [1.165, 1.54) is 25.3 Å². The molecule has 0 heterocycles. The molecule has 0 unspecified atom stereocenters. The highest BCUT2D eigenvalue weighted by atomic mass is 35.5. The van der Waals surface area contributed by atoms with Crippen molar-refractivity contribution in [2.24, 2.45) is 0 Å². The van der Waals surface area contributed by atoms with Gasteiger partial charge in [0, 0.05) is 11.8 Å². The Labute approximate surface area is 70.6 Å². The van der Waals surface area contributed by atoms with E-state index in [4.69, 9.17) is 5.73 Å². The second kappa shape index (κ2) is 4.03. The van der Waals surface area contributed by atoms with Crippen molar-refractivity contribution in [3.05, 3.63) is 24.0 Å². The van der Waals surface area contributed by atoms with Gasteiger partial charge in [-0.25, -0.2) is 4.39 Å². The van der Waals surface area contributed by atoms with Crippen molar-refractivity contribution in [2.75, 3.05) is 12.8 Å². The van der Waals surface area contributed by atoms with E-state index in [1.54, 1.807) is 0 Å². The van der Waals surface area contributed by atoms with E-state index in [-0.39, 0.29) is 18.2 Å². The molecular weight excluding hydrogens is 169 g/mol. The highest BCUT2D eigenvalue weighted by Gasteiger charge is 1.99.